The molecule has 8 heteroatoms. The van der Waals surface area contributed by atoms with E-state index in [0.29, 0.717) is 11.4 Å². The molecular weight excluding hydrogens is 348 g/mol. The van der Waals surface area contributed by atoms with Crippen LogP contribution in [-0.2, 0) is 12.8 Å². The second-order valence-corrected chi connectivity index (χ2v) is 8.34. The van der Waals surface area contributed by atoms with E-state index < -0.39 is 0 Å². The number of anilines is 1. The third-order valence-corrected chi connectivity index (χ3v) is 5.62. The molecule has 7 nitrogen and oxygen atoms in total. The maximum absolute atomic E-state index is 12.7. The first-order valence-electron chi connectivity index (χ1n) is 8.73. The second-order valence-electron chi connectivity index (χ2n) is 7.62. The number of H-pyrrole nitrogens is 1. The number of amides is 1. The molecule has 4 rings (SSSR count). The zero-order valence-electron chi connectivity index (χ0n) is 15.1. The van der Waals surface area contributed by atoms with E-state index in [4.69, 9.17) is 0 Å². The molecule has 1 amide bonds. The highest BCUT2D eigenvalue weighted by molar-refractivity contribution is 7.07. The number of aromatic nitrogens is 5. The van der Waals surface area contributed by atoms with Crippen molar-refractivity contribution in [2.75, 3.05) is 5.32 Å². The van der Waals surface area contributed by atoms with Gasteiger partial charge in [0, 0.05) is 22.8 Å². The van der Waals surface area contributed by atoms with E-state index >= 15 is 0 Å². The van der Waals surface area contributed by atoms with E-state index in [1.165, 1.54) is 0 Å². The van der Waals surface area contributed by atoms with Gasteiger partial charge < -0.3 is 5.32 Å². The molecule has 0 saturated heterocycles. The zero-order valence-corrected chi connectivity index (χ0v) is 15.9. The number of rotatable bonds is 4. The Kier molecular flexibility index (Phi) is 4.14. The molecule has 1 aliphatic rings. The third kappa shape index (κ3) is 3.16. The number of nitrogens with one attached hydrogen (secondary N) is 2. The number of fused-ring (bicyclic) bond motifs is 1. The lowest BCUT2D eigenvalue weighted by Gasteiger charge is -2.28. The number of thiazole rings is 1. The molecule has 1 atom stereocenters. The van der Waals surface area contributed by atoms with Crippen molar-refractivity contribution in [2.45, 2.75) is 46.1 Å². The van der Waals surface area contributed by atoms with Crippen LogP contribution in [0.25, 0.3) is 0 Å². The van der Waals surface area contributed by atoms with Crippen molar-refractivity contribution in [3.63, 3.8) is 0 Å². The third-order valence-electron chi connectivity index (χ3n) is 5.01. The fraction of sp³-hybridized carbons (Fsp3) is 0.444. The monoisotopic (exact) mass is 370 g/mol. The molecule has 3 aromatic rings. The van der Waals surface area contributed by atoms with Gasteiger partial charge in [0.25, 0.3) is 5.91 Å². The summed E-state index contributed by atoms with van der Waals surface area (Å²) in [6.45, 7) is 6.52. The molecule has 0 aromatic carbocycles. The highest BCUT2D eigenvalue weighted by Crippen LogP contribution is 2.35. The standard InChI is InChI=1S/C18H22N6OS/c1-11(15-9-26-10-19-15)24-8-12(7-20-24)21-17(25)16-13-4-5-18(2,3)6-14(13)22-23-16/h7-11H,4-6H2,1-3H3,(H,21,25)(H,22,23). The molecule has 0 bridgehead atoms. The quantitative estimate of drug-likeness (QED) is 0.736. The molecule has 0 radical (unpaired) electrons. The molecular formula is C18H22N6OS. The lowest BCUT2D eigenvalue weighted by molar-refractivity contribution is 0.102. The number of carbonyl (C=O) groups excluding carboxylic acids is 1. The molecule has 0 saturated carbocycles. The minimum absolute atomic E-state index is 0.0206. The van der Waals surface area contributed by atoms with Crippen molar-refractivity contribution < 1.29 is 4.79 Å². The number of carbonyl (C=O) groups is 1. The maximum Gasteiger partial charge on any atom is 0.276 e. The van der Waals surface area contributed by atoms with Crippen LogP contribution in [0.15, 0.2) is 23.3 Å². The van der Waals surface area contributed by atoms with Crippen molar-refractivity contribution in [1.29, 1.82) is 0 Å². The molecule has 3 aromatic heterocycles. The summed E-state index contributed by atoms with van der Waals surface area (Å²) < 4.78 is 1.80. The van der Waals surface area contributed by atoms with Gasteiger partial charge in [-0.05, 0) is 31.6 Å². The van der Waals surface area contributed by atoms with Crippen LogP contribution in [0.4, 0.5) is 5.69 Å². The lowest BCUT2D eigenvalue weighted by atomic mass is 9.76. The fourth-order valence-electron chi connectivity index (χ4n) is 3.40. The van der Waals surface area contributed by atoms with Crippen LogP contribution < -0.4 is 5.32 Å². The van der Waals surface area contributed by atoms with E-state index in [1.807, 2.05) is 18.5 Å². The molecule has 1 aliphatic carbocycles. The van der Waals surface area contributed by atoms with Gasteiger partial charge in [-0.25, -0.2) is 4.98 Å². The number of hydrogen-bond donors (Lipinski definition) is 2. The van der Waals surface area contributed by atoms with Gasteiger partial charge in [-0.3, -0.25) is 14.6 Å². The van der Waals surface area contributed by atoms with Crippen LogP contribution in [0.2, 0.25) is 0 Å². The Morgan fingerprint density at radius 1 is 1.46 bits per heavy atom. The van der Waals surface area contributed by atoms with Crippen molar-refractivity contribution >= 4 is 22.9 Å². The predicted molar refractivity (Wildman–Crippen MR) is 101 cm³/mol. The summed E-state index contributed by atoms with van der Waals surface area (Å²) in [4.78, 5) is 17.0. The SMILES string of the molecule is CC(c1cscn1)n1cc(NC(=O)c2n[nH]c3c2CCC(C)(C)C3)cn1. The van der Waals surface area contributed by atoms with E-state index in [1.54, 1.807) is 27.7 Å². The predicted octanol–water partition coefficient (Wildman–Crippen LogP) is 3.44. The molecule has 0 spiro atoms. The first kappa shape index (κ1) is 17.0. The van der Waals surface area contributed by atoms with E-state index in [0.717, 1.165) is 36.2 Å². The summed E-state index contributed by atoms with van der Waals surface area (Å²) in [5.74, 6) is -0.192. The second kappa shape index (κ2) is 6.35. The van der Waals surface area contributed by atoms with Gasteiger partial charge >= 0.3 is 0 Å². The largest absolute Gasteiger partial charge is 0.318 e. The van der Waals surface area contributed by atoms with Crippen LogP contribution in [0.3, 0.4) is 0 Å². The highest BCUT2D eigenvalue weighted by Gasteiger charge is 2.30. The Bertz CT molecular complexity index is 924. The molecule has 2 N–H and O–H groups in total. The first-order valence-corrected chi connectivity index (χ1v) is 9.67. The maximum atomic E-state index is 12.7. The molecule has 0 fully saturated rings. The molecule has 26 heavy (non-hydrogen) atoms. The fourth-order valence-corrected chi connectivity index (χ4v) is 4.04. The van der Waals surface area contributed by atoms with Crippen LogP contribution >= 0.6 is 11.3 Å². The molecule has 0 aliphatic heterocycles. The Balaban J connectivity index is 1.49. The summed E-state index contributed by atoms with van der Waals surface area (Å²) in [5.41, 5.74) is 6.30. The van der Waals surface area contributed by atoms with E-state index in [-0.39, 0.29) is 17.4 Å². The van der Waals surface area contributed by atoms with Gasteiger partial charge in [-0.2, -0.15) is 10.2 Å². The highest BCUT2D eigenvalue weighted by atomic mass is 32.1. The molecule has 136 valence electrons. The first-order chi connectivity index (χ1) is 12.4. The average molecular weight is 370 g/mol. The smallest absolute Gasteiger partial charge is 0.276 e. The summed E-state index contributed by atoms with van der Waals surface area (Å²) in [5, 5.41) is 16.6. The average Bonchev–Trinajstić information content (AvgIpc) is 3.33. The van der Waals surface area contributed by atoms with Crippen molar-refractivity contribution in [3.05, 3.63) is 45.9 Å². The summed E-state index contributed by atoms with van der Waals surface area (Å²) in [6, 6.07) is 0.0206. The zero-order chi connectivity index (χ0) is 18.3. The van der Waals surface area contributed by atoms with Gasteiger partial charge in [-0.15, -0.1) is 11.3 Å². The summed E-state index contributed by atoms with van der Waals surface area (Å²) in [6.07, 6.45) is 6.34. The Labute approximate surface area is 155 Å². The topological polar surface area (TPSA) is 88.5 Å². The van der Waals surface area contributed by atoms with Gasteiger partial charge in [0.05, 0.1) is 29.1 Å². The van der Waals surface area contributed by atoms with E-state index in [9.17, 15) is 4.79 Å². The Morgan fingerprint density at radius 2 is 2.31 bits per heavy atom. The van der Waals surface area contributed by atoms with Crippen molar-refractivity contribution in [2.24, 2.45) is 5.41 Å². The van der Waals surface area contributed by atoms with Gasteiger partial charge in [0.15, 0.2) is 5.69 Å². The Hall–Kier alpha value is -2.48. The molecule has 3 heterocycles. The number of hydrogen-bond acceptors (Lipinski definition) is 5. The number of nitrogens with zero attached hydrogens (tertiary/aromatic N) is 4. The van der Waals surface area contributed by atoms with Crippen LogP contribution in [0.1, 0.15) is 60.7 Å². The van der Waals surface area contributed by atoms with Crippen LogP contribution in [0, 0.1) is 5.41 Å². The van der Waals surface area contributed by atoms with Crippen molar-refractivity contribution in [3.8, 4) is 0 Å². The van der Waals surface area contributed by atoms with Crippen LogP contribution in [-0.4, -0.2) is 30.9 Å². The summed E-state index contributed by atoms with van der Waals surface area (Å²) >= 11 is 1.56. The summed E-state index contributed by atoms with van der Waals surface area (Å²) in [7, 11) is 0. The van der Waals surface area contributed by atoms with Crippen molar-refractivity contribution in [1.82, 2.24) is 25.0 Å². The van der Waals surface area contributed by atoms with Crippen LogP contribution in [0.5, 0.6) is 0 Å². The van der Waals surface area contributed by atoms with Gasteiger partial charge in [0.1, 0.15) is 0 Å². The van der Waals surface area contributed by atoms with Gasteiger partial charge in [-0.1, -0.05) is 13.8 Å². The minimum atomic E-state index is -0.192. The van der Waals surface area contributed by atoms with Gasteiger partial charge in [0.2, 0.25) is 0 Å². The number of aromatic amines is 1. The Morgan fingerprint density at radius 3 is 3.08 bits per heavy atom. The minimum Gasteiger partial charge on any atom is -0.318 e. The molecule has 1 unspecified atom stereocenters. The van der Waals surface area contributed by atoms with E-state index in [2.05, 4.69) is 39.4 Å². The normalized spacial score (nSPS) is 16.9. The lowest BCUT2D eigenvalue weighted by Crippen LogP contribution is -2.23.